The summed E-state index contributed by atoms with van der Waals surface area (Å²) in [6.45, 7) is 8.62. The molecule has 0 spiro atoms. The van der Waals surface area contributed by atoms with Crippen molar-refractivity contribution in [3.63, 3.8) is 0 Å². The van der Waals surface area contributed by atoms with Crippen LogP contribution in [0.3, 0.4) is 0 Å². The van der Waals surface area contributed by atoms with E-state index in [4.69, 9.17) is 9.15 Å². The van der Waals surface area contributed by atoms with Gasteiger partial charge in [-0.15, -0.1) is 0 Å². The molecule has 1 aliphatic heterocycles. The van der Waals surface area contributed by atoms with Crippen LogP contribution in [0, 0.1) is 6.92 Å². The number of hydrogen-bond donors (Lipinski definition) is 1. The van der Waals surface area contributed by atoms with E-state index in [-0.39, 0.29) is 11.3 Å². The Kier molecular flexibility index (Phi) is 6.62. The molecule has 1 aliphatic rings. The molecule has 2 aromatic rings. The zero-order chi connectivity index (χ0) is 21.8. The molecule has 1 unspecified atom stereocenters. The minimum atomic E-state index is -0.766. The number of Topliss-reactive ketones (excluding diaryl/α,β-unsaturated/α-hetero) is 1. The van der Waals surface area contributed by atoms with Gasteiger partial charge < -0.3 is 24.1 Å². The molecule has 7 heteroatoms. The number of likely N-dealkylation sites (N-methyl/N-ethyl adjacent to an activating group) is 1. The molecule has 0 aliphatic carbocycles. The lowest BCUT2D eigenvalue weighted by Crippen LogP contribution is -2.37. The molecular weight excluding hydrogens is 384 g/mol. The highest BCUT2D eigenvalue weighted by Gasteiger charge is 2.47. The molecule has 7 nitrogen and oxygen atoms in total. The van der Waals surface area contributed by atoms with Crippen LogP contribution in [-0.2, 0) is 9.59 Å². The molecule has 0 bridgehead atoms. The number of benzene rings is 1. The minimum Gasteiger partial charge on any atom is -0.507 e. The molecule has 1 aromatic heterocycles. The van der Waals surface area contributed by atoms with E-state index in [9.17, 15) is 14.7 Å². The molecule has 0 radical (unpaired) electrons. The number of nitrogens with zero attached hydrogens (tertiary/aromatic N) is 2. The van der Waals surface area contributed by atoms with E-state index in [2.05, 4.69) is 4.90 Å². The van der Waals surface area contributed by atoms with Crippen molar-refractivity contribution in [1.82, 2.24) is 9.80 Å². The zero-order valence-electron chi connectivity index (χ0n) is 17.8. The summed E-state index contributed by atoms with van der Waals surface area (Å²) in [5.74, 6) is -0.433. The largest absolute Gasteiger partial charge is 0.507 e. The number of ketones is 1. The fourth-order valence-electron chi connectivity index (χ4n) is 3.82. The Morgan fingerprint density at radius 2 is 1.97 bits per heavy atom. The molecule has 30 heavy (non-hydrogen) atoms. The van der Waals surface area contributed by atoms with Gasteiger partial charge in [-0.25, -0.2) is 0 Å². The summed E-state index contributed by atoms with van der Waals surface area (Å²) >= 11 is 0. The van der Waals surface area contributed by atoms with E-state index in [1.54, 1.807) is 37.4 Å². The van der Waals surface area contributed by atoms with Gasteiger partial charge >= 0.3 is 0 Å². The monoisotopic (exact) mass is 412 g/mol. The Morgan fingerprint density at radius 1 is 1.23 bits per heavy atom. The lowest BCUT2D eigenvalue weighted by molar-refractivity contribution is -0.140. The number of furan rings is 1. The van der Waals surface area contributed by atoms with Gasteiger partial charge in [0.2, 0.25) is 0 Å². The van der Waals surface area contributed by atoms with Crippen molar-refractivity contribution in [2.75, 3.05) is 33.3 Å². The highest BCUT2D eigenvalue weighted by molar-refractivity contribution is 6.46. The number of amides is 1. The third kappa shape index (κ3) is 3.98. The first-order chi connectivity index (χ1) is 14.4. The number of aryl methyl sites for hydroxylation is 1. The summed E-state index contributed by atoms with van der Waals surface area (Å²) in [6, 6.07) is 7.78. The number of rotatable bonds is 8. The normalized spacial score (nSPS) is 18.4. The number of hydrogen-bond acceptors (Lipinski definition) is 6. The maximum atomic E-state index is 12.9. The van der Waals surface area contributed by atoms with Gasteiger partial charge in [-0.05, 0) is 55.9 Å². The Bertz CT molecular complexity index is 945. The van der Waals surface area contributed by atoms with E-state index < -0.39 is 17.7 Å². The van der Waals surface area contributed by atoms with Gasteiger partial charge in [0, 0.05) is 18.7 Å². The second-order valence-electron chi connectivity index (χ2n) is 7.22. The van der Waals surface area contributed by atoms with Gasteiger partial charge in [-0.3, -0.25) is 9.59 Å². The predicted octanol–water partition coefficient (Wildman–Crippen LogP) is 3.36. The number of carbonyl (C=O) groups excluding carboxylic acids is 2. The number of carbonyl (C=O) groups is 2. The molecule has 1 amide bonds. The molecule has 3 rings (SSSR count). The second kappa shape index (κ2) is 9.17. The van der Waals surface area contributed by atoms with Gasteiger partial charge in [-0.2, -0.15) is 0 Å². The van der Waals surface area contributed by atoms with Gasteiger partial charge in [0.25, 0.3) is 11.7 Å². The lowest BCUT2D eigenvalue weighted by atomic mass is 9.98. The lowest BCUT2D eigenvalue weighted by Gasteiger charge is -2.26. The Balaban J connectivity index is 2.05. The molecule has 1 saturated heterocycles. The molecule has 160 valence electrons. The maximum Gasteiger partial charge on any atom is 0.295 e. The van der Waals surface area contributed by atoms with Crippen LogP contribution >= 0.6 is 0 Å². The van der Waals surface area contributed by atoms with E-state index in [0.29, 0.717) is 30.2 Å². The van der Waals surface area contributed by atoms with Crippen molar-refractivity contribution in [2.24, 2.45) is 0 Å². The molecule has 1 fully saturated rings. The van der Waals surface area contributed by atoms with Crippen LogP contribution in [0.1, 0.15) is 36.8 Å². The van der Waals surface area contributed by atoms with E-state index in [1.807, 2.05) is 20.8 Å². The first-order valence-electron chi connectivity index (χ1n) is 10.1. The fourth-order valence-corrected chi connectivity index (χ4v) is 3.82. The summed E-state index contributed by atoms with van der Waals surface area (Å²) in [5, 5.41) is 11.0. The average molecular weight is 412 g/mol. The third-order valence-electron chi connectivity index (χ3n) is 5.57. The van der Waals surface area contributed by atoms with Gasteiger partial charge in [-0.1, -0.05) is 13.8 Å². The van der Waals surface area contributed by atoms with Crippen LogP contribution in [0.2, 0.25) is 0 Å². The highest BCUT2D eigenvalue weighted by atomic mass is 16.5. The van der Waals surface area contributed by atoms with Crippen molar-refractivity contribution < 1.29 is 23.8 Å². The Labute approximate surface area is 176 Å². The van der Waals surface area contributed by atoms with E-state index >= 15 is 0 Å². The maximum absolute atomic E-state index is 12.9. The fraction of sp³-hybridized carbons (Fsp3) is 0.391. The summed E-state index contributed by atoms with van der Waals surface area (Å²) in [4.78, 5) is 29.5. The summed E-state index contributed by atoms with van der Waals surface area (Å²) < 4.78 is 10.8. The smallest absolute Gasteiger partial charge is 0.295 e. The standard InChI is InChI=1S/C23H28N2O5/c1-5-24(6-2)11-12-25-20(18-8-7-13-30-18)19(22(27)23(25)28)21(26)16-9-10-17(29-4)15(3)14-16/h7-10,13-14,20,26H,5-6,11-12H2,1-4H3/b21-19-. The van der Waals surface area contributed by atoms with Crippen LogP contribution in [0.5, 0.6) is 5.75 Å². The van der Waals surface area contributed by atoms with Crippen molar-refractivity contribution >= 4 is 17.4 Å². The SMILES string of the molecule is CCN(CC)CCN1C(=O)C(=O)/C(=C(\O)c2ccc(OC)c(C)c2)C1c1ccco1. The van der Waals surface area contributed by atoms with Crippen molar-refractivity contribution in [3.8, 4) is 5.75 Å². The number of ether oxygens (including phenoxy) is 1. The van der Waals surface area contributed by atoms with Crippen LogP contribution in [-0.4, -0.2) is 59.9 Å². The van der Waals surface area contributed by atoms with Crippen LogP contribution in [0.15, 0.2) is 46.6 Å². The van der Waals surface area contributed by atoms with Gasteiger partial charge in [0.15, 0.2) is 0 Å². The quantitative estimate of drug-likeness (QED) is 0.407. The number of likely N-dealkylation sites (tertiary alicyclic amines) is 1. The van der Waals surface area contributed by atoms with Crippen molar-refractivity contribution in [3.05, 3.63) is 59.1 Å². The molecule has 1 aromatic carbocycles. The Hall–Kier alpha value is -3.06. The summed E-state index contributed by atoms with van der Waals surface area (Å²) in [6.07, 6.45) is 1.50. The first-order valence-corrected chi connectivity index (χ1v) is 10.1. The molecule has 1 atom stereocenters. The Morgan fingerprint density at radius 3 is 2.53 bits per heavy atom. The van der Waals surface area contributed by atoms with E-state index in [0.717, 1.165) is 18.7 Å². The van der Waals surface area contributed by atoms with Crippen LogP contribution in [0.25, 0.3) is 5.76 Å². The highest BCUT2D eigenvalue weighted by Crippen LogP contribution is 2.39. The van der Waals surface area contributed by atoms with Crippen molar-refractivity contribution in [2.45, 2.75) is 26.8 Å². The minimum absolute atomic E-state index is 0.0408. The first kappa shape index (κ1) is 21.6. The summed E-state index contributed by atoms with van der Waals surface area (Å²) in [5.41, 5.74) is 1.30. The van der Waals surface area contributed by atoms with E-state index in [1.165, 1.54) is 11.2 Å². The van der Waals surface area contributed by atoms with Crippen molar-refractivity contribution in [1.29, 1.82) is 0 Å². The molecule has 1 N–H and O–H groups in total. The average Bonchev–Trinajstić information content (AvgIpc) is 3.36. The number of methoxy groups -OCH3 is 1. The topological polar surface area (TPSA) is 83.2 Å². The number of aliphatic hydroxyl groups excluding tert-OH is 1. The van der Waals surface area contributed by atoms with Gasteiger partial charge in [0.05, 0.1) is 18.9 Å². The number of aliphatic hydroxyl groups is 1. The van der Waals surface area contributed by atoms with Crippen LogP contribution in [0.4, 0.5) is 0 Å². The summed E-state index contributed by atoms with van der Waals surface area (Å²) in [7, 11) is 1.57. The molecule has 2 heterocycles. The van der Waals surface area contributed by atoms with Gasteiger partial charge in [0.1, 0.15) is 23.3 Å². The third-order valence-corrected chi connectivity index (χ3v) is 5.57. The molecule has 0 saturated carbocycles. The second-order valence-corrected chi connectivity index (χ2v) is 7.22. The predicted molar refractivity (Wildman–Crippen MR) is 113 cm³/mol. The molecular formula is C23H28N2O5. The van der Waals surface area contributed by atoms with Crippen LogP contribution < -0.4 is 4.74 Å². The zero-order valence-corrected chi connectivity index (χ0v) is 17.8.